The largest absolute Gasteiger partial charge is 0.358 e. The highest BCUT2D eigenvalue weighted by Crippen LogP contribution is 1.94. The minimum Gasteiger partial charge on any atom is -0.358 e. The molecule has 0 bridgehead atoms. The van der Waals surface area contributed by atoms with Crippen LogP contribution in [0, 0.1) is 0 Å². The lowest BCUT2D eigenvalue weighted by molar-refractivity contribution is 0.119. The van der Waals surface area contributed by atoms with Gasteiger partial charge in [0, 0.05) is 13.6 Å². The normalized spacial score (nSPS) is 11.3. The quantitative estimate of drug-likeness (QED) is 0.434. The molecule has 0 atom stereocenters. The van der Waals surface area contributed by atoms with Gasteiger partial charge in [-0.15, -0.1) is 0 Å². The predicted octanol–water partition coefficient (Wildman–Crippen LogP) is 1.23. The topological polar surface area (TPSA) is 15.6 Å². The third-order valence-corrected chi connectivity index (χ3v) is 1.06. The van der Waals surface area contributed by atoms with E-state index in [2.05, 4.69) is 4.99 Å². The van der Waals surface area contributed by atoms with Gasteiger partial charge >= 0.3 is 0 Å². The van der Waals surface area contributed by atoms with E-state index in [0.29, 0.717) is 6.54 Å². The van der Waals surface area contributed by atoms with E-state index in [-0.39, 0.29) is 6.54 Å². The van der Waals surface area contributed by atoms with Crippen LogP contribution in [0.15, 0.2) is 4.99 Å². The minimum absolute atomic E-state index is 0.228. The molecule has 0 aromatic carbocycles. The number of halogens is 2. The Bertz CT molecular complexity index is 104. The van der Waals surface area contributed by atoms with Gasteiger partial charge in [-0.25, -0.2) is 8.78 Å². The Morgan fingerprint density at radius 3 is 2.50 bits per heavy atom. The van der Waals surface area contributed by atoms with Gasteiger partial charge in [-0.05, 0) is 6.92 Å². The highest BCUT2D eigenvalue weighted by molar-refractivity contribution is 5.54. The Labute approximate surface area is 59.6 Å². The summed E-state index contributed by atoms with van der Waals surface area (Å²) in [5.41, 5.74) is 0. The van der Waals surface area contributed by atoms with Crippen LogP contribution >= 0.6 is 0 Å². The van der Waals surface area contributed by atoms with Crippen molar-refractivity contribution in [2.24, 2.45) is 4.99 Å². The van der Waals surface area contributed by atoms with Crippen molar-refractivity contribution in [3.05, 3.63) is 0 Å². The second kappa shape index (κ2) is 5.14. The first-order chi connectivity index (χ1) is 4.70. The SMILES string of the molecule is CCN(C=NC)CC(F)F. The number of hydrogen-bond donors (Lipinski definition) is 0. The van der Waals surface area contributed by atoms with E-state index in [1.807, 2.05) is 6.92 Å². The van der Waals surface area contributed by atoms with Crippen LogP contribution in [0.25, 0.3) is 0 Å². The molecule has 0 aliphatic rings. The van der Waals surface area contributed by atoms with Crippen LogP contribution in [0.3, 0.4) is 0 Å². The lowest BCUT2D eigenvalue weighted by Gasteiger charge is -2.15. The molecule has 0 radical (unpaired) electrons. The monoisotopic (exact) mass is 150 g/mol. The molecule has 0 unspecified atom stereocenters. The molecule has 0 aliphatic heterocycles. The first-order valence-corrected chi connectivity index (χ1v) is 3.15. The molecule has 0 spiro atoms. The van der Waals surface area contributed by atoms with Gasteiger partial charge in [0.25, 0.3) is 6.43 Å². The molecule has 0 amide bonds. The fourth-order valence-electron chi connectivity index (χ4n) is 0.598. The van der Waals surface area contributed by atoms with E-state index >= 15 is 0 Å². The molecule has 0 rings (SSSR count). The van der Waals surface area contributed by atoms with Crippen LogP contribution < -0.4 is 0 Å². The van der Waals surface area contributed by atoms with E-state index in [0.717, 1.165) is 0 Å². The van der Waals surface area contributed by atoms with Crippen molar-refractivity contribution in [1.29, 1.82) is 0 Å². The Balaban J connectivity index is 3.60. The summed E-state index contributed by atoms with van der Waals surface area (Å²) < 4.78 is 23.4. The molecule has 0 N–H and O–H groups in total. The molecule has 0 aromatic heterocycles. The molecule has 60 valence electrons. The Morgan fingerprint density at radius 1 is 1.60 bits per heavy atom. The standard InChI is InChI=1S/C6H12F2N2/c1-3-10(5-9-2)4-6(7)8/h5-6H,3-4H2,1-2H3. The lowest BCUT2D eigenvalue weighted by Crippen LogP contribution is -2.27. The maximum absolute atomic E-state index is 11.7. The van der Waals surface area contributed by atoms with Crippen molar-refractivity contribution in [3.63, 3.8) is 0 Å². The molecule has 10 heavy (non-hydrogen) atoms. The number of nitrogens with zero attached hydrogens (tertiary/aromatic N) is 2. The van der Waals surface area contributed by atoms with E-state index < -0.39 is 6.43 Å². The summed E-state index contributed by atoms with van der Waals surface area (Å²) in [4.78, 5) is 5.09. The van der Waals surface area contributed by atoms with Crippen LogP contribution in [0.5, 0.6) is 0 Å². The Kier molecular flexibility index (Phi) is 4.80. The van der Waals surface area contributed by atoms with Gasteiger partial charge in [0.15, 0.2) is 0 Å². The zero-order valence-electron chi connectivity index (χ0n) is 6.22. The summed E-state index contributed by atoms with van der Waals surface area (Å²) in [6.07, 6.45) is -0.857. The van der Waals surface area contributed by atoms with E-state index in [4.69, 9.17) is 0 Å². The van der Waals surface area contributed by atoms with Crippen molar-refractivity contribution in [2.75, 3.05) is 20.1 Å². The molecular weight excluding hydrogens is 138 g/mol. The van der Waals surface area contributed by atoms with Gasteiger partial charge in [0.05, 0.1) is 12.9 Å². The third kappa shape index (κ3) is 4.23. The highest BCUT2D eigenvalue weighted by atomic mass is 19.3. The van der Waals surface area contributed by atoms with Gasteiger partial charge in [-0.3, -0.25) is 4.99 Å². The first kappa shape index (κ1) is 9.33. The average Bonchev–Trinajstić information content (AvgIpc) is 1.86. The summed E-state index contributed by atoms with van der Waals surface area (Å²) in [6.45, 7) is 2.15. The summed E-state index contributed by atoms with van der Waals surface area (Å²) in [5.74, 6) is 0. The lowest BCUT2D eigenvalue weighted by atomic mass is 10.5. The summed E-state index contributed by atoms with van der Waals surface area (Å²) >= 11 is 0. The second-order valence-electron chi connectivity index (χ2n) is 1.85. The minimum atomic E-state index is -2.28. The van der Waals surface area contributed by atoms with E-state index in [9.17, 15) is 8.78 Å². The number of rotatable bonds is 4. The number of aliphatic imine (C=N–C) groups is 1. The Morgan fingerprint density at radius 2 is 2.20 bits per heavy atom. The summed E-state index contributed by atoms with van der Waals surface area (Å²) in [6, 6.07) is 0. The number of alkyl halides is 2. The fourth-order valence-corrected chi connectivity index (χ4v) is 0.598. The van der Waals surface area contributed by atoms with Crippen LogP contribution in [0.4, 0.5) is 8.78 Å². The Hall–Kier alpha value is -0.670. The molecule has 0 heterocycles. The second-order valence-corrected chi connectivity index (χ2v) is 1.85. The predicted molar refractivity (Wildman–Crippen MR) is 37.7 cm³/mol. The van der Waals surface area contributed by atoms with Crippen molar-refractivity contribution in [3.8, 4) is 0 Å². The highest BCUT2D eigenvalue weighted by Gasteiger charge is 2.05. The zero-order chi connectivity index (χ0) is 7.98. The maximum Gasteiger partial charge on any atom is 0.255 e. The van der Waals surface area contributed by atoms with Gasteiger partial charge in [0.1, 0.15) is 0 Å². The van der Waals surface area contributed by atoms with Gasteiger partial charge in [0.2, 0.25) is 0 Å². The molecular formula is C6H12F2N2. The fraction of sp³-hybridized carbons (Fsp3) is 0.833. The van der Waals surface area contributed by atoms with Crippen LogP contribution in [-0.4, -0.2) is 37.8 Å². The molecule has 4 heteroatoms. The van der Waals surface area contributed by atoms with Gasteiger partial charge in [-0.1, -0.05) is 0 Å². The summed E-state index contributed by atoms with van der Waals surface area (Å²) in [5, 5.41) is 0. The van der Waals surface area contributed by atoms with Crippen molar-refractivity contribution in [1.82, 2.24) is 4.90 Å². The molecule has 0 saturated carbocycles. The smallest absolute Gasteiger partial charge is 0.255 e. The average molecular weight is 150 g/mol. The maximum atomic E-state index is 11.7. The van der Waals surface area contributed by atoms with Crippen molar-refractivity contribution in [2.45, 2.75) is 13.3 Å². The first-order valence-electron chi connectivity index (χ1n) is 3.15. The zero-order valence-corrected chi connectivity index (χ0v) is 6.22. The van der Waals surface area contributed by atoms with E-state index in [1.54, 1.807) is 7.05 Å². The van der Waals surface area contributed by atoms with Gasteiger partial charge in [-0.2, -0.15) is 0 Å². The molecule has 0 fully saturated rings. The summed E-state index contributed by atoms with van der Waals surface area (Å²) in [7, 11) is 1.56. The molecule has 2 nitrogen and oxygen atoms in total. The van der Waals surface area contributed by atoms with Gasteiger partial charge < -0.3 is 4.90 Å². The van der Waals surface area contributed by atoms with E-state index in [1.165, 1.54) is 11.2 Å². The van der Waals surface area contributed by atoms with Crippen LogP contribution in [0.1, 0.15) is 6.92 Å². The number of hydrogen-bond acceptors (Lipinski definition) is 1. The van der Waals surface area contributed by atoms with Crippen molar-refractivity contribution >= 4 is 6.34 Å². The molecule has 0 saturated heterocycles. The third-order valence-electron chi connectivity index (χ3n) is 1.06. The van der Waals surface area contributed by atoms with Crippen LogP contribution in [0.2, 0.25) is 0 Å². The molecule has 0 aliphatic carbocycles. The molecule has 0 aromatic rings. The van der Waals surface area contributed by atoms with Crippen LogP contribution in [-0.2, 0) is 0 Å². The van der Waals surface area contributed by atoms with Crippen molar-refractivity contribution < 1.29 is 8.78 Å².